The first-order chi connectivity index (χ1) is 9.52. The van der Waals surface area contributed by atoms with Crippen LogP contribution in [0.4, 0.5) is 0 Å². The highest BCUT2D eigenvalue weighted by molar-refractivity contribution is 6.34. The monoisotopic (exact) mass is 305 g/mol. The Morgan fingerprint density at radius 2 is 1.65 bits per heavy atom. The van der Waals surface area contributed by atoms with Gasteiger partial charge in [-0.1, -0.05) is 23.2 Å². The van der Waals surface area contributed by atoms with Crippen LogP contribution in [0.15, 0.2) is 48.8 Å². The number of nitrogens with zero attached hydrogens (tertiary/aromatic N) is 1. The largest absolute Gasteiger partial charge is 0.478 e. The Morgan fingerprint density at radius 3 is 2.30 bits per heavy atom. The van der Waals surface area contributed by atoms with Gasteiger partial charge in [-0.25, -0.2) is 4.79 Å². The topological polar surface area (TPSA) is 42.2 Å². The Labute approximate surface area is 125 Å². The quantitative estimate of drug-likeness (QED) is 0.752. The van der Waals surface area contributed by atoms with Gasteiger partial charge in [-0.2, -0.15) is 0 Å². The van der Waals surface area contributed by atoms with Crippen LogP contribution < -0.4 is 0 Å². The minimum absolute atomic E-state index is 0.280. The first kappa shape index (κ1) is 13.0. The van der Waals surface area contributed by atoms with E-state index in [1.807, 2.05) is 23.0 Å². The smallest absolute Gasteiger partial charge is 0.335 e. The van der Waals surface area contributed by atoms with E-state index < -0.39 is 5.97 Å². The van der Waals surface area contributed by atoms with E-state index in [1.165, 1.54) is 0 Å². The number of hydrogen-bond acceptors (Lipinski definition) is 1. The average molecular weight is 306 g/mol. The zero-order valence-corrected chi connectivity index (χ0v) is 11.7. The number of benzene rings is 1. The first-order valence-electron chi connectivity index (χ1n) is 5.84. The fourth-order valence-corrected chi connectivity index (χ4v) is 2.64. The normalized spacial score (nSPS) is 10.9. The summed E-state index contributed by atoms with van der Waals surface area (Å²) < 4.78 is 1.85. The van der Waals surface area contributed by atoms with Crippen LogP contribution in [-0.4, -0.2) is 15.6 Å². The molecular weight excluding hydrogens is 297 g/mol. The standard InChI is InChI=1S/C15H9Cl2NO2/c16-12-5-13(17)7-14(6-12)18-2-1-9-3-10(15(19)20)4-11(9)8-18/h1-8H,(H,19,20). The lowest BCUT2D eigenvalue weighted by atomic mass is 10.2. The van der Waals surface area contributed by atoms with Gasteiger partial charge in [-0.15, -0.1) is 0 Å². The van der Waals surface area contributed by atoms with Crippen LogP contribution in [-0.2, 0) is 0 Å². The van der Waals surface area contributed by atoms with Crippen LogP contribution >= 0.6 is 23.2 Å². The molecule has 1 aliphatic carbocycles. The van der Waals surface area contributed by atoms with E-state index in [4.69, 9.17) is 28.3 Å². The molecule has 1 aliphatic heterocycles. The number of halogens is 2. The van der Waals surface area contributed by atoms with Gasteiger partial charge in [0.15, 0.2) is 0 Å². The lowest BCUT2D eigenvalue weighted by Crippen LogP contribution is -1.95. The third-order valence-corrected chi connectivity index (χ3v) is 3.48. The molecular formula is C15H9Cl2NO2. The summed E-state index contributed by atoms with van der Waals surface area (Å²) in [5.41, 5.74) is 2.83. The van der Waals surface area contributed by atoms with Crippen molar-refractivity contribution < 1.29 is 9.90 Å². The summed E-state index contributed by atoms with van der Waals surface area (Å²) >= 11 is 12.0. The molecule has 0 aromatic heterocycles. The molecule has 0 amide bonds. The van der Waals surface area contributed by atoms with Crippen molar-refractivity contribution >= 4 is 29.2 Å². The van der Waals surface area contributed by atoms with Gasteiger partial charge in [-0.3, -0.25) is 0 Å². The second-order valence-electron chi connectivity index (χ2n) is 4.44. The number of hydrogen-bond donors (Lipinski definition) is 1. The number of aromatic carboxylic acids is 1. The SMILES string of the molecule is O=C(O)c1cc2ccn(-c3cc(Cl)cc(Cl)c3)cc-2c1. The highest BCUT2D eigenvalue weighted by Gasteiger charge is 2.12. The van der Waals surface area contributed by atoms with E-state index in [0.29, 0.717) is 10.0 Å². The van der Waals surface area contributed by atoms with Crippen LogP contribution in [0.1, 0.15) is 10.4 Å². The molecule has 3 rings (SSSR count). The van der Waals surface area contributed by atoms with E-state index >= 15 is 0 Å². The summed E-state index contributed by atoms with van der Waals surface area (Å²) in [4.78, 5) is 11.0. The van der Waals surface area contributed by atoms with Crippen LogP contribution in [0.2, 0.25) is 10.0 Å². The molecule has 0 saturated carbocycles. The fourth-order valence-electron chi connectivity index (χ4n) is 2.13. The third-order valence-electron chi connectivity index (χ3n) is 3.04. The second-order valence-corrected chi connectivity index (χ2v) is 5.31. The molecule has 5 heteroatoms. The minimum Gasteiger partial charge on any atom is -0.478 e. The number of aromatic nitrogens is 1. The van der Waals surface area contributed by atoms with Crippen LogP contribution in [0.25, 0.3) is 16.8 Å². The van der Waals surface area contributed by atoms with Crippen molar-refractivity contribution in [1.82, 2.24) is 4.57 Å². The fraction of sp³-hybridized carbons (Fsp3) is 0. The molecule has 0 fully saturated rings. The Bertz CT molecular complexity index is 759. The van der Waals surface area contributed by atoms with Gasteiger partial charge in [0.25, 0.3) is 0 Å². The van der Waals surface area contributed by atoms with Crippen molar-refractivity contribution in [3.8, 4) is 16.8 Å². The molecule has 0 radical (unpaired) electrons. The van der Waals surface area contributed by atoms with E-state index in [0.717, 1.165) is 16.8 Å². The summed E-state index contributed by atoms with van der Waals surface area (Å²) in [5.74, 6) is -0.932. The van der Waals surface area contributed by atoms with Gasteiger partial charge in [0, 0.05) is 28.1 Å². The number of carboxylic acid groups (broad SMARTS) is 1. The van der Waals surface area contributed by atoms with Gasteiger partial charge < -0.3 is 9.67 Å². The molecule has 2 aliphatic rings. The molecule has 100 valence electrons. The molecule has 0 atom stereocenters. The maximum atomic E-state index is 11.0. The average Bonchev–Trinajstić information content (AvgIpc) is 2.80. The predicted molar refractivity (Wildman–Crippen MR) is 79.4 cm³/mol. The zero-order valence-electron chi connectivity index (χ0n) is 10.2. The van der Waals surface area contributed by atoms with E-state index in [1.54, 1.807) is 30.3 Å². The lowest BCUT2D eigenvalue weighted by molar-refractivity contribution is 0.0697. The predicted octanol–water partition coefficient (Wildman–Crippen LogP) is 4.59. The molecule has 0 unspecified atom stereocenters. The van der Waals surface area contributed by atoms with Crippen molar-refractivity contribution in [3.05, 3.63) is 64.4 Å². The molecule has 0 spiro atoms. The van der Waals surface area contributed by atoms with E-state index in [-0.39, 0.29) is 5.56 Å². The Kier molecular flexibility index (Phi) is 3.16. The Hall–Kier alpha value is -1.97. The van der Waals surface area contributed by atoms with E-state index in [2.05, 4.69) is 0 Å². The molecule has 1 N–H and O–H groups in total. The molecule has 20 heavy (non-hydrogen) atoms. The van der Waals surface area contributed by atoms with Gasteiger partial charge >= 0.3 is 5.97 Å². The highest BCUT2D eigenvalue weighted by Crippen LogP contribution is 2.28. The number of fused-ring (bicyclic) bond motifs is 1. The first-order valence-corrected chi connectivity index (χ1v) is 6.60. The summed E-state index contributed by atoms with van der Waals surface area (Å²) in [6, 6.07) is 10.4. The van der Waals surface area contributed by atoms with Crippen molar-refractivity contribution in [3.63, 3.8) is 0 Å². The van der Waals surface area contributed by atoms with Crippen molar-refractivity contribution in [2.45, 2.75) is 0 Å². The number of rotatable bonds is 2. The van der Waals surface area contributed by atoms with Crippen LogP contribution in [0.3, 0.4) is 0 Å². The molecule has 1 aromatic rings. The van der Waals surface area contributed by atoms with Crippen LogP contribution in [0, 0.1) is 0 Å². The van der Waals surface area contributed by atoms with Crippen molar-refractivity contribution in [2.75, 3.05) is 0 Å². The Morgan fingerprint density at radius 1 is 1.00 bits per heavy atom. The number of pyridine rings is 1. The van der Waals surface area contributed by atoms with Crippen LogP contribution in [0.5, 0.6) is 0 Å². The van der Waals surface area contributed by atoms with E-state index in [9.17, 15) is 4.79 Å². The number of carboxylic acids is 1. The third kappa shape index (κ3) is 2.38. The molecule has 3 nitrogen and oxygen atoms in total. The summed E-state index contributed by atoms with van der Waals surface area (Å²) in [5, 5.41) is 10.1. The molecule has 1 heterocycles. The summed E-state index contributed by atoms with van der Waals surface area (Å²) in [6.07, 6.45) is 3.69. The maximum absolute atomic E-state index is 11.0. The lowest BCUT2D eigenvalue weighted by Gasteiger charge is -2.10. The number of carbonyl (C=O) groups is 1. The van der Waals surface area contributed by atoms with Gasteiger partial charge in [0.2, 0.25) is 0 Å². The van der Waals surface area contributed by atoms with Gasteiger partial charge in [-0.05, 0) is 47.5 Å². The molecule has 0 bridgehead atoms. The molecule has 1 aromatic carbocycles. The zero-order chi connectivity index (χ0) is 14.3. The highest BCUT2D eigenvalue weighted by atomic mass is 35.5. The minimum atomic E-state index is -0.932. The molecule has 0 saturated heterocycles. The van der Waals surface area contributed by atoms with Crippen molar-refractivity contribution in [1.29, 1.82) is 0 Å². The summed E-state index contributed by atoms with van der Waals surface area (Å²) in [7, 11) is 0. The van der Waals surface area contributed by atoms with Gasteiger partial charge in [0.05, 0.1) is 5.56 Å². The summed E-state index contributed by atoms with van der Waals surface area (Å²) in [6.45, 7) is 0. The van der Waals surface area contributed by atoms with Gasteiger partial charge in [0.1, 0.15) is 0 Å². The van der Waals surface area contributed by atoms with Crippen molar-refractivity contribution in [2.24, 2.45) is 0 Å². The maximum Gasteiger partial charge on any atom is 0.335 e. The Balaban J connectivity index is 2.13. The second kappa shape index (κ2) is 4.85.